The number of hydrogen-bond acceptors (Lipinski definition) is 4. The van der Waals surface area contributed by atoms with E-state index in [2.05, 4.69) is 9.47 Å². The first-order valence-corrected chi connectivity index (χ1v) is 5.48. The Balaban J connectivity index is 1.94. The van der Waals surface area contributed by atoms with Crippen molar-refractivity contribution < 1.29 is 19.1 Å². The van der Waals surface area contributed by atoms with Crippen LogP contribution < -0.4 is 0 Å². The number of carbonyl (C=O) groups excluding carboxylic acids is 2. The molecule has 2 aliphatic carbocycles. The predicted octanol–water partition coefficient (Wildman–Crippen LogP) is 1.45. The van der Waals surface area contributed by atoms with Crippen LogP contribution >= 0.6 is 0 Å². The molecule has 0 aromatic heterocycles. The smallest absolute Gasteiger partial charge is 0.320 e. The van der Waals surface area contributed by atoms with E-state index >= 15 is 0 Å². The van der Waals surface area contributed by atoms with Crippen LogP contribution in [0.4, 0.5) is 0 Å². The molecule has 88 valence electrons. The summed E-state index contributed by atoms with van der Waals surface area (Å²) >= 11 is 0. The molecule has 0 unspecified atom stereocenters. The van der Waals surface area contributed by atoms with E-state index < -0.39 is 17.9 Å². The Morgan fingerprint density at radius 2 is 1.88 bits per heavy atom. The van der Waals surface area contributed by atoms with Crippen molar-refractivity contribution in [1.82, 2.24) is 0 Å². The number of methoxy groups -OCH3 is 2. The summed E-state index contributed by atoms with van der Waals surface area (Å²) in [4.78, 5) is 22.7. The summed E-state index contributed by atoms with van der Waals surface area (Å²) in [5.41, 5.74) is 1.88. The number of carbonyl (C=O) groups is 2. The van der Waals surface area contributed by atoms with Gasteiger partial charge in [-0.05, 0) is 31.1 Å². The minimum Gasteiger partial charge on any atom is -0.468 e. The maximum atomic E-state index is 11.4. The summed E-state index contributed by atoms with van der Waals surface area (Å²) in [5, 5.41) is 0. The third kappa shape index (κ3) is 1.96. The van der Waals surface area contributed by atoms with Crippen LogP contribution in [-0.4, -0.2) is 26.2 Å². The standard InChI is InChI=1S/C12H16O4/c1-15-10(13)9(11(14)16-2)4-3-8-7-12(8)5-6-12/h3,9H,4-7H2,1-2H3. The summed E-state index contributed by atoms with van der Waals surface area (Å²) in [6, 6.07) is 0. The Kier molecular flexibility index (Phi) is 2.74. The van der Waals surface area contributed by atoms with Gasteiger partial charge in [-0.2, -0.15) is 0 Å². The highest BCUT2D eigenvalue weighted by molar-refractivity contribution is 5.95. The van der Waals surface area contributed by atoms with Crippen molar-refractivity contribution in [1.29, 1.82) is 0 Å². The number of ether oxygens (including phenoxy) is 2. The lowest BCUT2D eigenvalue weighted by Gasteiger charge is -2.09. The number of hydrogen-bond donors (Lipinski definition) is 0. The van der Waals surface area contributed by atoms with Crippen LogP contribution in [0, 0.1) is 11.3 Å². The third-order valence-electron chi connectivity index (χ3n) is 3.51. The molecular weight excluding hydrogens is 208 g/mol. The molecule has 0 aliphatic heterocycles. The van der Waals surface area contributed by atoms with Gasteiger partial charge in [0, 0.05) is 0 Å². The van der Waals surface area contributed by atoms with Crippen molar-refractivity contribution in [3.05, 3.63) is 11.6 Å². The molecular formula is C12H16O4. The molecule has 1 spiro atoms. The highest BCUT2D eigenvalue weighted by atomic mass is 16.5. The molecule has 0 heterocycles. The lowest BCUT2D eigenvalue weighted by atomic mass is 10.1. The number of rotatable bonds is 4. The van der Waals surface area contributed by atoms with Gasteiger partial charge in [-0.1, -0.05) is 11.6 Å². The lowest BCUT2D eigenvalue weighted by Crippen LogP contribution is -2.25. The Hall–Kier alpha value is -1.32. The molecule has 0 radical (unpaired) electrons. The highest BCUT2D eigenvalue weighted by Crippen LogP contribution is 2.70. The monoisotopic (exact) mass is 224 g/mol. The van der Waals surface area contributed by atoms with Gasteiger partial charge < -0.3 is 9.47 Å². The molecule has 2 saturated carbocycles. The zero-order valence-corrected chi connectivity index (χ0v) is 9.62. The summed E-state index contributed by atoms with van der Waals surface area (Å²) < 4.78 is 9.17. The maximum absolute atomic E-state index is 11.4. The zero-order chi connectivity index (χ0) is 11.8. The highest BCUT2D eigenvalue weighted by Gasteiger charge is 2.58. The van der Waals surface area contributed by atoms with Gasteiger partial charge in [-0.25, -0.2) is 0 Å². The second-order valence-corrected chi connectivity index (χ2v) is 4.52. The van der Waals surface area contributed by atoms with Crippen LogP contribution in [0.5, 0.6) is 0 Å². The summed E-state index contributed by atoms with van der Waals surface area (Å²) in [7, 11) is 2.57. The van der Waals surface area contributed by atoms with Crippen LogP contribution in [0.15, 0.2) is 11.6 Å². The first kappa shape index (κ1) is 11.2. The van der Waals surface area contributed by atoms with Gasteiger partial charge in [0.25, 0.3) is 0 Å². The van der Waals surface area contributed by atoms with E-state index in [1.807, 2.05) is 6.08 Å². The van der Waals surface area contributed by atoms with Gasteiger partial charge in [-0.3, -0.25) is 9.59 Å². The van der Waals surface area contributed by atoms with E-state index in [1.54, 1.807) is 0 Å². The number of esters is 2. The van der Waals surface area contributed by atoms with E-state index in [4.69, 9.17) is 0 Å². The second-order valence-electron chi connectivity index (χ2n) is 4.52. The van der Waals surface area contributed by atoms with E-state index in [1.165, 1.54) is 32.6 Å². The molecule has 0 amide bonds. The van der Waals surface area contributed by atoms with E-state index in [9.17, 15) is 9.59 Å². The largest absolute Gasteiger partial charge is 0.468 e. The van der Waals surface area contributed by atoms with Crippen molar-refractivity contribution in [3.63, 3.8) is 0 Å². The fourth-order valence-corrected chi connectivity index (χ4v) is 2.09. The average molecular weight is 224 g/mol. The zero-order valence-electron chi connectivity index (χ0n) is 9.62. The Morgan fingerprint density at radius 3 is 2.25 bits per heavy atom. The third-order valence-corrected chi connectivity index (χ3v) is 3.51. The van der Waals surface area contributed by atoms with Crippen LogP contribution in [0.2, 0.25) is 0 Å². The first-order valence-electron chi connectivity index (χ1n) is 5.48. The van der Waals surface area contributed by atoms with Gasteiger partial charge in [-0.15, -0.1) is 0 Å². The predicted molar refractivity (Wildman–Crippen MR) is 56.5 cm³/mol. The van der Waals surface area contributed by atoms with Gasteiger partial charge in [0.05, 0.1) is 14.2 Å². The molecule has 16 heavy (non-hydrogen) atoms. The first-order chi connectivity index (χ1) is 7.63. The Morgan fingerprint density at radius 1 is 1.31 bits per heavy atom. The fraction of sp³-hybridized carbons (Fsp3) is 0.667. The van der Waals surface area contributed by atoms with Crippen molar-refractivity contribution in [3.8, 4) is 0 Å². The minimum absolute atomic E-state index is 0.399. The fourth-order valence-electron chi connectivity index (χ4n) is 2.09. The quantitative estimate of drug-likeness (QED) is 0.412. The van der Waals surface area contributed by atoms with Crippen molar-refractivity contribution in [2.75, 3.05) is 14.2 Å². The van der Waals surface area contributed by atoms with Crippen LogP contribution in [0.1, 0.15) is 25.7 Å². The van der Waals surface area contributed by atoms with Crippen LogP contribution in [0.3, 0.4) is 0 Å². The van der Waals surface area contributed by atoms with Gasteiger partial charge in [0.15, 0.2) is 5.92 Å². The molecule has 4 nitrogen and oxygen atoms in total. The van der Waals surface area contributed by atoms with Crippen molar-refractivity contribution in [2.24, 2.45) is 11.3 Å². The Bertz CT molecular complexity index is 336. The van der Waals surface area contributed by atoms with Gasteiger partial charge in [0.1, 0.15) is 0 Å². The normalized spacial score (nSPS) is 22.3. The van der Waals surface area contributed by atoms with Crippen LogP contribution in [0.25, 0.3) is 0 Å². The molecule has 2 aliphatic rings. The lowest BCUT2D eigenvalue weighted by molar-refractivity contribution is -0.158. The second kappa shape index (κ2) is 3.92. The van der Waals surface area contributed by atoms with E-state index in [-0.39, 0.29) is 0 Å². The van der Waals surface area contributed by atoms with E-state index in [0.717, 1.165) is 6.42 Å². The summed E-state index contributed by atoms with van der Waals surface area (Å²) in [5.74, 6) is -1.85. The molecule has 0 saturated heterocycles. The summed E-state index contributed by atoms with van der Waals surface area (Å²) in [6.07, 6.45) is 6.07. The molecule has 0 N–H and O–H groups in total. The topological polar surface area (TPSA) is 52.6 Å². The molecule has 4 heteroatoms. The van der Waals surface area contributed by atoms with Gasteiger partial charge in [0.2, 0.25) is 0 Å². The molecule has 0 bridgehead atoms. The molecule has 0 aromatic carbocycles. The van der Waals surface area contributed by atoms with Crippen molar-refractivity contribution >= 4 is 11.9 Å². The van der Waals surface area contributed by atoms with Crippen molar-refractivity contribution in [2.45, 2.75) is 25.7 Å². The molecule has 2 fully saturated rings. The summed E-state index contributed by atoms with van der Waals surface area (Å²) in [6.45, 7) is 0. The minimum atomic E-state index is -0.807. The maximum Gasteiger partial charge on any atom is 0.320 e. The van der Waals surface area contributed by atoms with Gasteiger partial charge >= 0.3 is 11.9 Å². The SMILES string of the molecule is COC(=O)C(CC=C1CC12CC2)C(=O)OC. The van der Waals surface area contributed by atoms with Crippen LogP contribution in [-0.2, 0) is 19.1 Å². The molecule has 0 atom stereocenters. The molecule has 0 aromatic rings. The van der Waals surface area contributed by atoms with E-state index in [0.29, 0.717) is 11.8 Å². The number of allylic oxidation sites excluding steroid dienone is 2. The molecule has 2 rings (SSSR count). The average Bonchev–Trinajstić information content (AvgIpc) is 3.20. The Labute approximate surface area is 94.6 Å².